The SMILES string of the molecule is COC(=O)C1CCCCN1C(=O)c1ccc(C#Cc2ccc(-c3cc(C(=O)NNC(=O)OC(C)(C)C)c4cnccc4n3)cc2OC)cc1. The molecule has 1 saturated heterocycles. The fourth-order valence-corrected chi connectivity index (χ4v) is 5.39. The van der Waals surface area contributed by atoms with E-state index in [4.69, 9.17) is 19.2 Å². The Morgan fingerprint density at radius 1 is 0.939 bits per heavy atom. The highest BCUT2D eigenvalue weighted by atomic mass is 16.6. The molecule has 0 saturated carbocycles. The highest BCUT2D eigenvalue weighted by Gasteiger charge is 2.33. The summed E-state index contributed by atoms with van der Waals surface area (Å²) in [6.07, 6.45) is 4.60. The Morgan fingerprint density at radius 2 is 1.71 bits per heavy atom. The lowest BCUT2D eigenvalue weighted by Gasteiger charge is -2.33. The van der Waals surface area contributed by atoms with Crippen LogP contribution in [-0.2, 0) is 14.3 Å². The second kappa shape index (κ2) is 14.9. The number of carbonyl (C=O) groups is 4. The Hall–Kier alpha value is -5.96. The third-order valence-electron chi connectivity index (χ3n) is 7.74. The molecule has 4 aromatic rings. The van der Waals surface area contributed by atoms with E-state index in [9.17, 15) is 19.2 Å². The number of benzene rings is 2. The first-order chi connectivity index (χ1) is 23.5. The van der Waals surface area contributed by atoms with Crippen LogP contribution in [0, 0.1) is 11.8 Å². The zero-order chi connectivity index (χ0) is 35.1. The van der Waals surface area contributed by atoms with Crippen molar-refractivity contribution in [1.29, 1.82) is 0 Å². The van der Waals surface area contributed by atoms with E-state index in [0.29, 0.717) is 57.6 Å². The number of piperidine rings is 1. The second-order valence-corrected chi connectivity index (χ2v) is 12.3. The lowest BCUT2D eigenvalue weighted by Crippen LogP contribution is -2.48. The highest BCUT2D eigenvalue weighted by Crippen LogP contribution is 2.29. The average molecular weight is 664 g/mol. The zero-order valence-corrected chi connectivity index (χ0v) is 28.0. The van der Waals surface area contributed by atoms with Crippen LogP contribution in [0.2, 0.25) is 0 Å². The molecule has 2 N–H and O–H groups in total. The first-order valence-electron chi connectivity index (χ1n) is 15.7. The summed E-state index contributed by atoms with van der Waals surface area (Å²) in [6.45, 7) is 5.66. The Balaban J connectivity index is 1.36. The summed E-state index contributed by atoms with van der Waals surface area (Å²) < 4.78 is 15.8. The van der Waals surface area contributed by atoms with Crippen molar-refractivity contribution >= 4 is 34.8 Å². The van der Waals surface area contributed by atoms with Crippen LogP contribution < -0.4 is 15.6 Å². The fourth-order valence-electron chi connectivity index (χ4n) is 5.39. The predicted octanol–water partition coefficient (Wildman–Crippen LogP) is 5.04. The molecule has 12 nitrogen and oxygen atoms in total. The Labute approximate surface area is 284 Å². The monoisotopic (exact) mass is 663 g/mol. The number of hydrogen-bond acceptors (Lipinski definition) is 9. The number of amides is 3. The molecule has 3 heterocycles. The van der Waals surface area contributed by atoms with Crippen LogP contribution in [0.15, 0.2) is 67.0 Å². The van der Waals surface area contributed by atoms with Gasteiger partial charge >= 0.3 is 12.1 Å². The molecule has 0 spiro atoms. The van der Waals surface area contributed by atoms with E-state index in [0.717, 1.165) is 12.8 Å². The maximum Gasteiger partial charge on any atom is 0.426 e. The first-order valence-corrected chi connectivity index (χ1v) is 15.7. The number of methoxy groups -OCH3 is 2. The fraction of sp³-hybridized carbons (Fsp3) is 0.297. The third-order valence-corrected chi connectivity index (χ3v) is 7.74. The number of hydrazine groups is 1. The molecule has 49 heavy (non-hydrogen) atoms. The molecule has 1 atom stereocenters. The van der Waals surface area contributed by atoms with E-state index < -0.39 is 29.6 Å². The van der Waals surface area contributed by atoms with E-state index in [1.54, 1.807) is 80.4 Å². The molecule has 12 heteroatoms. The van der Waals surface area contributed by atoms with E-state index in [2.05, 4.69) is 27.7 Å². The molecule has 1 aliphatic heterocycles. The topological polar surface area (TPSA) is 149 Å². The van der Waals surface area contributed by atoms with Crippen LogP contribution in [0.5, 0.6) is 5.75 Å². The number of rotatable bonds is 5. The molecule has 252 valence electrons. The number of carbonyl (C=O) groups excluding carboxylic acids is 4. The van der Waals surface area contributed by atoms with Crippen molar-refractivity contribution in [3.05, 3.63) is 89.2 Å². The standard InChI is InChI=1S/C37H37N5O7/c1-37(2,3)49-36(46)41-40-33(43)27-21-30(39-29-17-18-38-22-28(27)29)26-16-15-24(32(20-26)47-4)12-9-23-10-13-25(14-11-23)34(44)42-19-7-6-8-31(42)35(45)48-5/h10-11,13-18,20-22,31H,6-8,19H2,1-5H3,(H,40,43)(H,41,46). The van der Waals surface area contributed by atoms with E-state index in [1.807, 2.05) is 6.07 Å². The van der Waals surface area contributed by atoms with Crippen molar-refractivity contribution in [1.82, 2.24) is 25.7 Å². The minimum Gasteiger partial charge on any atom is -0.495 e. The van der Waals surface area contributed by atoms with Gasteiger partial charge in [0.2, 0.25) is 0 Å². The van der Waals surface area contributed by atoms with Gasteiger partial charge in [-0.2, -0.15) is 0 Å². The van der Waals surface area contributed by atoms with Crippen LogP contribution in [0.25, 0.3) is 22.2 Å². The van der Waals surface area contributed by atoms with E-state index >= 15 is 0 Å². The third kappa shape index (κ3) is 8.31. The maximum absolute atomic E-state index is 13.2. The molecule has 5 rings (SSSR count). The van der Waals surface area contributed by atoms with Crippen molar-refractivity contribution in [3.63, 3.8) is 0 Å². The lowest BCUT2D eigenvalue weighted by molar-refractivity contribution is -0.147. The Kier molecular flexibility index (Phi) is 10.4. The van der Waals surface area contributed by atoms with Crippen LogP contribution in [-0.4, -0.2) is 71.2 Å². The highest BCUT2D eigenvalue weighted by molar-refractivity contribution is 6.07. The van der Waals surface area contributed by atoms with Gasteiger partial charge in [0.25, 0.3) is 11.8 Å². The van der Waals surface area contributed by atoms with E-state index in [-0.39, 0.29) is 11.5 Å². The van der Waals surface area contributed by atoms with Crippen LogP contribution in [0.4, 0.5) is 4.79 Å². The number of fused-ring (bicyclic) bond motifs is 1. The molecule has 0 aliphatic carbocycles. The number of esters is 1. The molecule has 2 aromatic heterocycles. The van der Waals surface area contributed by atoms with Crippen molar-refractivity contribution in [2.24, 2.45) is 0 Å². The molecular formula is C37H37N5O7. The van der Waals surface area contributed by atoms with Crippen LogP contribution in [0.1, 0.15) is 71.9 Å². The molecule has 0 bridgehead atoms. The number of likely N-dealkylation sites (tertiary alicyclic amines) is 1. The smallest absolute Gasteiger partial charge is 0.426 e. The van der Waals surface area contributed by atoms with Gasteiger partial charge in [0.15, 0.2) is 0 Å². The van der Waals surface area contributed by atoms with E-state index in [1.165, 1.54) is 20.4 Å². The largest absolute Gasteiger partial charge is 0.495 e. The number of hydrogen-bond donors (Lipinski definition) is 2. The summed E-state index contributed by atoms with van der Waals surface area (Å²) in [4.78, 5) is 61.2. The molecule has 1 unspecified atom stereocenters. The van der Waals surface area contributed by atoms with Gasteiger partial charge < -0.3 is 19.1 Å². The molecule has 1 fully saturated rings. The Bertz CT molecular complexity index is 1960. The van der Waals surface area contributed by atoms with Gasteiger partial charge in [0.05, 0.1) is 36.6 Å². The summed E-state index contributed by atoms with van der Waals surface area (Å²) in [5, 5.41) is 0.496. The van der Waals surface area contributed by atoms with Crippen molar-refractivity contribution in [2.75, 3.05) is 20.8 Å². The average Bonchev–Trinajstić information content (AvgIpc) is 3.11. The van der Waals surface area contributed by atoms with Gasteiger partial charge in [0, 0.05) is 41.0 Å². The summed E-state index contributed by atoms with van der Waals surface area (Å²) in [5.74, 6) is 5.54. The van der Waals surface area contributed by atoms with Gasteiger partial charge in [-0.3, -0.25) is 20.0 Å². The number of nitrogens with one attached hydrogen (secondary N) is 2. The van der Waals surface area contributed by atoms with Gasteiger partial charge in [-0.05, 0) is 88.6 Å². The minimum atomic E-state index is -0.797. The van der Waals surface area contributed by atoms with Crippen molar-refractivity contribution in [3.8, 4) is 28.8 Å². The van der Waals surface area contributed by atoms with Crippen molar-refractivity contribution < 1.29 is 33.4 Å². The van der Waals surface area contributed by atoms with Crippen LogP contribution >= 0.6 is 0 Å². The number of ether oxygens (including phenoxy) is 3. The minimum absolute atomic E-state index is 0.217. The Morgan fingerprint density at radius 3 is 2.43 bits per heavy atom. The lowest BCUT2D eigenvalue weighted by atomic mass is 10.0. The predicted molar refractivity (Wildman–Crippen MR) is 181 cm³/mol. The maximum atomic E-state index is 13.2. The molecule has 3 amide bonds. The number of aromatic nitrogens is 2. The van der Waals surface area contributed by atoms with Gasteiger partial charge in [-0.25, -0.2) is 20.0 Å². The summed E-state index contributed by atoms with van der Waals surface area (Å²) >= 11 is 0. The quantitative estimate of drug-likeness (QED) is 0.170. The molecule has 1 aliphatic rings. The summed E-state index contributed by atoms with van der Waals surface area (Å²) in [6, 6.07) is 15.0. The number of nitrogens with zero attached hydrogens (tertiary/aromatic N) is 3. The van der Waals surface area contributed by atoms with Crippen molar-refractivity contribution in [2.45, 2.75) is 51.7 Å². The van der Waals surface area contributed by atoms with Gasteiger partial charge in [-0.1, -0.05) is 17.9 Å². The zero-order valence-electron chi connectivity index (χ0n) is 28.0. The van der Waals surface area contributed by atoms with Crippen LogP contribution in [0.3, 0.4) is 0 Å². The normalized spacial score (nSPS) is 14.2. The second-order valence-electron chi connectivity index (χ2n) is 12.3. The molecule has 0 radical (unpaired) electrons. The number of pyridine rings is 2. The molecule has 2 aromatic carbocycles. The summed E-state index contributed by atoms with van der Waals surface area (Å²) in [5.41, 5.74) is 7.63. The molecular weight excluding hydrogens is 626 g/mol. The first kappa shape index (κ1) is 34.4. The van der Waals surface area contributed by atoms with Gasteiger partial charge in [0.1, 0.15) is 17.4 Å². The van der Waals surface area contributed by atoms with Gasteiger partial charge in [-0.15, -0.1) is 0 Å². The summed E-state index contributed by atoms with van der Waals surface area (Å²) in [7, 11) is 2.87.